The molecule has 0 aliphatic heterocycles. The van der Waals surface area contributed by atoms with E-state index in [1.165, 1.54) is 11.8 Å². The van der Waals surface area contributed by atoms with E-state index < -0.39 is 0 Å². The topological polar surface area (TPSA) is 81.9 Å². The minimum absolute atomic E-state index is 0.0736. The van der Waals surface area contributed by atoms with Gasteiger partial charge >= 0.3 is 0 Å². The molecule has 0 unspecified atom stereocenters. The number of nitrogens with one attached hydrogen (secondary N) is 1. The van der Waals surface area contributed by atoms with Crippen LogP contribution in [0.15, 0.2) is 53.7 Å². The van der Waals surface area contributed by atoms with Gasteiger partial charge in [-0.2, -0.15) is 0 Å². The zero-order valence-corrected chi connectivity index (χ0v) is 17.9. The van der Waals surface area contributed by atoms with Gasteiger partial charge in [0, 0.05) is 18.5 Å². The molecule has 2 aromatic carbocycles. The number of thioether (sulfide) groups is 1. The molecule has 1 atom stereocenters. The van der Waals surface area contributed by atoms with Crippen LogP contribution in [0.4, 0.5) is 0 Å². The van der Waals surface area contributed by atoms with Gasteiger partial charge < -0.3 is 14.6 Å². The summed E-state index contributed by atoms with van der Waals surface area (Å²) in [5.74, 6) is 0.717. The summed E-state index contributed by atoms with van der Waals surface area (Å²) in [6.07, 6.45) is 0. The Morgan fingerprint density at radius 1 is 1.17 bits per heavy atom. The first-order valence-electron chi connectivity index (χ1n) is 9.79. The maximum absolute atomic E-state index is 12.5. The Balaban J connectivity index is 1.47. The number of carbonyl (C=O) groups is 1. The van der Waals surface area contributed by atoms with Crippen molar-refractivity contribution in [1.29, 1.82) is 0 Å². The third kappa shape index (κ3) is 3.95. The molecule has 0 aliphatic rings. The van der Waals surface area contributed by atoms with Crippen LogP contribution in [-0.2, 0) is 17.9 Å². The maximum Gasteiger partial charge on any atom is 0.233 e. The number of aromatic nitrogens is 4. The number of carbonyl (C=O) groups excluding carboxylic acids is 1. The van der Waals surface area contributed by atoms with Gasteiger partial charge in [-0.1, -0.05) is 42.1 Å². The molecule has 0 fully saturated rings. The fourth-order valence-electron chi connectivity index (χ4n) is 3.35. The molecule has 0 saturated heterocycles. The third-order valence-corrected chi connectivity index (χ3v) is 5.90. The van der Waals surface area contributed by atoms with Crippen molar-refractivity contribution in [2.75, 3.05) is 7.11 Å². The Morgan fingerprint density at radius 3 is 2.67 bits per heavy atom. The predicted octanol–water partition coefficient (Wildman–Crippen LogP) is 3.81. The largest absolute Gasteiger partial charge is 0.497 e. The molecule has 4 rings (SSSR count). The lowest BCUT2D eigenvalue weighted by Crippen LogP contribution is -2.30. The van der Waals surface area contributed by atoms with E-state index in [9.17, 15) is 4.79 Å². The van der Waals surface area contributed by atoms with Crippen molar-refractivity contribution in [3.63, 3.8) is 0 Å². The molecule has 0 bridgehead atoms. The van der Waals surface area contributed by atoms with E-state index in [2.05, 4.69) is 33.1 Å². The van der Waals surface area contributed by atoms with Crippen LogP contribution in [0.2, 0.25) is 0 Å². The Hall–Kier alpha value is -3.13. The van der Waals surface area contributed by atoms with Gasteiger partial charge in [-0.15, -0.1) is 10.2 Å². The Labute approximate surface area is 178 Å². The summed E-state index contributed by atoms with van der Waals surface area (Å²) in [7, 11) is 1.63. The molecule has 0 radical (unpaired) electrons. The quantitative estimate of drug-likeness (QED) is 0.457. The van der Waals surface area contributed by atoms with Crippen LogP contribution in [0.25, 0.3) is 22.1 Å². The summed E-state index contributed by atoms with van der Waals surface area (Å²) >= 11 is 1.31. The van der Waals surface area contributed by atoms with Crippen LogP contribution in [-0.4, -0.2) is 38.0 Å². The molecule has 2 heterocycles. The molecule has 1 amide bonds. The first-order chi connectivity index (χ1) is 14.6. The lowest BCUT2D eigenvalue weighted by molar-refractivity contribution is -0.120. The zero-order valence-electron chi connectivity index (χ0n) is 17.1. The Kier molecular flexibility index (Phi) is 5.85. The lowest BCUT2D eigenvalue weighted by Gasteiger charge is -2.11. The molecule has 4 aromatic rings. The third-order valence-electron chi connectivity index (χ3n) is 4.95. The zero-order chi connectivity index (χ0) is 21.1. The number of nitrogens with zero attached hydrogens (tertiary/aromatic N) is 4. The van der Waals surface area contributed by atoms with Gasteiger partial charge in [-0.3, -0.25) is 4.79 Å². The number of hydrogen-bond donors (Lipinski definition) is 1. The summed E-state index contributed by atoms with van der Waals surface area (Å²) in [4.78, 5) is 17.2. The normalized spacial score (nSPS) is 12.2. The van der Waals surface area contributed by atoms with Gasteiger partial charge in [-0.05, 0) is 37.6 Å². The van der Waals surface area contributed by atoms with Gasteiger partial charge in [0.15, 0.2) is 5.65 Å². The molecule has 154 valence electrons. The van der Waals surface area contributed by atoms with E-state index in [0.29, 0.717) is 11.7 Å². The second-order valence-electron chi connectivity index (χ2n) is 6.85. The summed E-state index contributed by atoms with van der Waals surface area (Å²) in [6, 6.07) is 15.7. The van der Waals surface area contributed by atoms with Crippen molar-refractivity contribution in [2.45, 2.75) is 37.3 Å². The van der Waals surface area contributed by atoms with Crippen LogP contribution < -0.4 is 10.1 Å². The van der Waals surface area contributed by atoms with Gasteiger partial charge in [-0.25, -0.2) is 4.98 Å². The molecule has 7 nitrogen and oxygen atoms in total. The number of aryl methyl sites for hydroxylation is 1. The molecular formula is C22H23N5O2S. The Bertz CT molecular complexity index is 1190. The van der Waals surface area contributed by atoms with Crippen molar-refractivity contribution in [2.24, 2.45) is 0 Å². The van der Waals surface area contributed by atoms with Crippen molar-refractivity contribution in [3.8, 4) is 5.75 Å². The highest BCUT2D eigenvalue weighted by molar-refractivity contribution is 8.00. The fraction of sp³-hybridized carbons (Fsp3) is 0.273. The lowest BCUT2D eigenvalue weighted by atomic mass is 10.2. The van der Waals surface area contributed by atoms with E-state index in [1.54, 1.807) is 7.11 Å². The number of fused-ring (bicyclic) bond motifs is 3. The number of ether oxygens (including phenoxy) is 1. The number of amides is 1. The standard InChI is InChI=1S/C22H23N5O2S/c1-4-27-18-8-6-5-7-17(18)19-20(27)24-22(26-25-19)30-14(2)21(28)23-13-15-9-11-16(29-3)12-10-15/h5-12,14H,4,13H2,1-3H3,(H,23,28)/t14-/m1/s1. The average molecular weight is 422 g/mol. The van der Waals surface area contributed by atoms with E-state index in [-0.39, 0.29) is 11.2 Å². The first kappa shape index (κ1) is 20.2. The van der Waals surface area contributed by atoms with Crippen LogP contribution in [0.1, 0.15) is 19.4 Å². The van der Waals surface area contributed by atoms with E-state index >= 15 is 0 Å². The van der Waals surface area contributed by atoms with Gasteiger partial charge in [0.1, 0.15) is 11.3 Å². The number of hydrogen-bond acceptors (Lipinski definition) is 6. The number of benzene rings is 2. The molecule has 8 heteroatoms. The molecule has 0 spiro atoms. The number of para-hydroxylation sites is 1. The minimum Gasteiger partial charge on any atom is -0.497 e. The van der Waals surface area contributed by atoms with E-state index in [0.717, 1.165) is 39.9 Å². The molecule has 2 aromatic heterocycles. The molecule has 0 saturated carbocycles. The van der Waals surface area contributed by atoms with Crippen LogP contribution >= 0.6 is 11.8 Å². The molecular weight excluding hydrogens is 398 g/mol. The first-order valence-corrected chi connectivity index (χ1v) is 10.7. The van der Waals surface area contributed by atoms with E-state index in [4.69, 9.17) is 9.72 Å². The molecule has 30 heavy (non-hydrogen) atoms. The summed E-state index contributed by atoms with van der Waals surface area (Å²) in [6.45, 7) is 5.16. The van der Waals surface area contributed by atoms with Gasteiger partial charge in [0.05, 0.1) is 17.9 Å². The van der Waals surface area contributed by atoms with Crippen molar-refractivity contribution in [1.82, 2.24) is 25.1 Å². The monoisotopic (exact) mass is 421 g/mol. The van der Waals surface area contributed by atoms with E-state index in [1.807, 2.05) is 49.4 Å². The van der Waals surface area contributed by atoms with Crippen molar-refractivity contribution < 1.29 is 9.53 Å². The van der Waals surface area contributed by atoms with Crippen molar-refractivity contribution in [3.05, 3.63) is 54.1 Å². The molecule has 1 N–H and O–H groups in total. The van der Waals surface area contributed by atoms with Crippen molar-refractivity contribution >= 4 is 39.7 Å². The second kappa shape index (κ2) is 8.71. The highest BCUT2D eigenvalue weighted by Crippen LogP contribution is 2.28. The van der Waals surface area contributed by atoms with Crippen LogP contribution in [0.5, 0.6) is 5.75 Å². The van der Waals surface area contributed by atoms with Crippen LogP contribution in [0, 0.1) is 0 Å². The number of methoxy groups -OCH3 is 1. The van der Waals surface area contributed by atoms with Crippen LogP contribution in [0.3, 0.4) is 0 Å². The average Bonchev–Trinajstić information content (AvgIpc) is 3.10. The highest BCUT2D eigenvalue weighted by Gasteiger charge is 2.19. The fourth-order valence-corrected chi connectivity index (χ4v) is 4.08. The minimum atomic E-state index is -0.345. The summed E-state index contributed by atoms with van der Waals surface area (Å²) in [5, 5.41) is 12.8. The summed E-state index contributed by atoms with van der Waals surface area (Å²) in [5.41, 5.74) is 3.67. The van der Waals surface area contributed by atoms with Gasteiger partial charge in [0.25, 0.3) is 0 Å². The smallest absolute Gasteiger partial charge is 0.233 e. The highest BCUT2D eigenvalue weighted by atomic mass is 32.2. The second-order valence-corrected chi connectivity index (χ2v) is 8.16. The number of rotatable bonds is 7. The SMILES string of the molecule is CCn1c2ccccc2c2nnc(S[C@H](C)C(=O)NCc3ccc(OC)cc3)nc21. The summed E-state index contributed by atoms with van der Waals surface area (Å²) < 4.78 is 7.28. The van der Waals surface area contributed by atoms with Gasteiger partial charge in [0.2, 0.25) is 11.1 Å². The Morgan fingerprint density at radius 2 is 1.93 bits per heavy atom. The molecule has 0 aliphatic carbocycles. The maximum atomic E-state index is 12.5. The predicted molar refractivity (Wildman–Crippen MR) is 119 cm³/mol.